The van der Waals surface area contributed by atoms with E-state index in [1.54, 1.807) is 15.5 Å². The molecule has 1 aromatic carbocycles. The number of pyridine rings is 1. The zero-order valence-electron chi connectivity index (χ0n) is 17.0. The van der Waals surface area contributed by atoms with Gasteiger partial charge in [0, 0.05) is 38.1 Å². The number of amides is 2. The smallest absolute Gasteiger partial charge is 0.292 e. The van der Waals surface area contributed by atoms with E-state index in [0.29, 0.717) is 24.3 Å². The fraction of sp³-hybridized carbons (Fsp3) is 0.318. The highest BCUT2D eigenvalue weighted by Gasteiger charge is 2.27. The molecule has 1 aliphatic rings. The summed E-state index contributed by atoms with van der Waals surface area (Å²) in [4.78, 5) is 34.6. The molecular formula is C22H25N5O2. The largest absolute Gasteiger partial charge is 0.335 e. The molecular weight excluding hydrogens is 366 g/mol. The molecule has 7 heteroatoms. The van der Waals surface area contributed by atoms with Crippen LogP contribution in [0, 0.1) is 13.8 Å². The SMILES string of the molecule is Cc1ccc(NC(=O)c2nc(C(=O)N3CCN(C)CC3)c3ccccn23)c(C)c1. The predicted octanol–water partition coefficient (Wildman–Crippen LogP) is 2.59. The Morgan fingerprint density at radius 3 is 2.52 bits per heavy atom. The normalized spacial score (nSPS) is 14.9. The van der Waals surface area contributed by atoms with E-state index in [1.165, 1.54) is 0 Å². The molecule has 0 aliphatic carbocycles. The quantitative estimate of drug-likeness (QED) is 0.745. The van der Waals surface area contributed by atoms with Crippen molar-refractivity contribution in [1.82, 2.24) is 19.2 Å². The average Bonchev–Trinajstić information content (AvgIpc) is 3.10. The standard InChI is InChI=1S/C22H25N5O2/c1-15-7-8-17(16(2)14-15)23-21(28)20-24-19(18-6-4-5-9-27(18)20)22(29)26-12-10-25(3)11-13-26/h4-9,14H,10-13H2,1-3H3,(H,23,28). The third kappa shape index (κ3) is 3.73. The summed E-state index contributed by atoms with van der Waals surface area (Å²) in [6.07, 6.45) is 1.76. The molecule has 2 aromatic heterocycles. The van der Waals surface area contributed by atoms with Crippen LogP contribution in [0.2, 0.25) is 0 Å². The highest BCUT2D eigenvalue weighted by molar-refractivity contribution is 6.06. The summed E-state index contributed by atoms with van der Waals surface area (Å²) < 4.78 is 1.68. The van der Waals surface area contributed by atoms with Crippen molar-refractivity contribution in [3.8, 4) is 0 Å². The molecule has 3 aromatic rings. The number of nitrogens with zero attached hydrogens (tertiary/aromatic N) is 4. The van der Waals surface area contributed by atoms with Crippen molar-refractivity contribution in [2.24, 2.45) is 0 Å². The summed E-state index contributed by atoms with van der Waals surface area (Å²) in [5, 5.41) is 2.93. The summed E-state index contributed by atoms with van der Waals surface area (Å²) in [7, 11) is 2.04. The van der Waals surface area contributed by atoms with Crippen LogP contribution in [0.3, 0.4) is 0 Å². The maximum Gasteiger partial charge on any atom is 0.292 e. The first kappa shape index (κ1) is 19.1. The highest BCUT2D eigenvalue weighted by Crippen LogP contribution is 2.20. The molecule has 1 aliphatic heterocycles. The maximum absolute atomic E-state index is 13.1. The highest BCUT2D eigenvalue weighted by atomic mass is 16.2. The van der Waals surface area contributed by atoms with Gasteiger partial charge in [-0.3, -0.25) is 14.0 Å². The van der Waals surface area contributed by atoms with Crippen molar-refractivity contribution in [2.45, 2.75) is 13.8 Å². The van der Waals surface area contributed by atoms with Crippen molar-refractivity contribution >= 4 is 23.0 Å². The van der Waals surface area contributed by atoms with Crippen LogP contribution in [0.4, 0.5) is 5.69 Å². The summed E-state index contributed by atoms with van der Waals surface area (Å²) in [5.41, 5.74) is 3.81. The zero-order chi connectivity index (χ0) is 20.5. The molecule has 3 heterocycles. The molecule has 4 rings (SSSR count). The molecule has 1 fully saturated rings. The van der Waals surface area contributed by atoms with Crippen LogP contribution in [-0.2, 0) is 0 Å². The summed E-state index contributed by atoms with van der Waals surface area (Å²) in [6, 6.07) is 11.4. The molecule has 1 N–H and O–H groups in total. The molecule has 0 saturated carbocycles. The van der Waals surface area contributed by atoms with Crippen LogP contribution in [0.1, 0.15) is 32.2 Å². The lowest BCUT2D eigenvalue weighted by Gasteiger charge is -2.32. The minimum Gasteiger partial charge on any atom is -0.335 e. The number of carbonyl (C=O) groups excluding carboxylic acids is 2. The van der Waals surface area contributed by atoms with Gasteiger partial charge in [0.1, 0.15) is 0 Å². The Hall–Kier alpha value is -3.19. The first-order valence-electron chi connectivity index (χ1n) is 9.77. The molecule has 0 unspecified atom stereocenters. The first-order valence-corrected chi connectivity index (χ1v) is 9.77. The molecule has 1 saturated heterocycles. The number of imidazole rings is 1. The number of carbonyl (C=O) groups is 2. The Morgan fingerprint density at radius 1 is 1.03 bits per heavy atom. The predicted molar refractivity (Wildman–Crippen MR) is 112 cm³/mol. The number of rotatable bonds is 3. The van der Waals surface area contributed by atoms with Gasteiger partial charge in [-0.2, -0.15) is 0 Å². The van der Waals surface area contributed by atoms with Gasteiger partial charge in [-0.15, -0.1) is 0 Å². The second kappa shape index (κ2) is 7.67. The van der Waals surface area contributed by atoms with E-state index in [4.69, 9.17) is 0 Å². The number of hydrogen-bond acceptors (Lipinski definition) is 4. The van der Waals surface area contributed by atoms with Gasteiger partial charge in [-0.25, -0.2) is 4.98 Å². The number of fused-ring (bicyclic) bond motifs is 1. The van der Waals surface area contributed by atoms with Crippen LogP contribution < -0.4 is 5.32 Å². The Morgan fingerprint density at radius 2 is 1.79 bits per heavy atom. The molecule has 150 valence electrons. The van der Waals surface area contributed by atoms with E-state index in [0.717, 1.165) is 29.9 Å². The van der Waals surface area contributed by atoms with Crippen LogP contribution >= 0.6 is 0 Å². The van der Waals surface area contributed by atoms with Crippen LogP contribution in [0.5, 0.6) is 0 Å². The fourth-order valence-electron chi connectivity index (χ4n) is 3.65. The zero-order valence-corrected chi connectivity index (χ0v) is 17.0. The molecule has 0 bridgehead atoms. The lowest BCUT2D eigenvalue weighted by atomic mass is 10.1. The number of likely N-dealkylation sites (N-methyl/N-ethyl adjacent to an activating group) is 1. The lowest BCUT2D eigenvalue weighted by molar-refractivity contribution is 0.0661. The number of aryl methyl sites for hydroxylation is 2. The van der Waals surface area contributed by atoms with Gasteiger partial charge in [0.05, 0.1) is 5.52 Å². The number of nitrogens with one attached hydrogen (secondary N) is 1. The molecule has 7 nitrogen and oxygen atoms in total. The number of anilines is 1. The second-order valence-electron chi connectivity index (χ2n) is 7.61. The summed E-state index contributed by atoms with van der Waals surface area (Å²) in [6.45, 7) is 6.94. The Labute approximate surface area is 169 Å². The van der Waals surface area contributed by atoms with Crippen LogP contribution in [-0.4, -0.2) is 64.2 Å². The fourth-order valence-corrected chi connectivity index (χ4v) is 3.65. The first-order chi connectivity index (χ1) is 13.9. The number of benzene rings is 1. The molecule has 0 atom stereocenters. The Bertz CT molecular complexity index is 1080. The van der Waals surface area contributed by atoms with E-state index >= 15 is 0 Å². The molecule has 2 amide bonds. The van der Waals surface area contributed by atoms with E-state index in [1.807, 2.05) is 57.3 Å². The second-order valence-corrected chi connectivity index (χ2v) is 7.61. The Balaban J connectivity index is 1.67. The van der Waals surface area contributed by atoms with Crippen molar-refractivity contribution in [3.63, 3.8) is 0 Å². The average molecular weight is 391 g/mol. The molecule has 0 radical (unpaired) electrons. The van der Waals surface area contributed by atoms with E-state index < -0.39 is 0 Å². The lowest BCUT2D eigenvalue weighted by Crippen LogP contribution is -2.47. The van der Waals surface area contributed by atoms with Crippen LogP contribution in [0.25, 0.3) is 5.52 Å². The van der Waals surface area contributed by atoms with Crippen molar-refractivity contribution in [2.75, 3.05) is 38.5 Å². The van der Waals surface area contributed by atoms with E-state index in [-0.39, 0.29) is 17.6 Å². The molecule has 0 spiro atoms. The van der Waals surface area contributed by atoms with E-state index in [2.05, 4.69) is 15.2 Å². The van der Waals surface area contributed by atoms with Crippen molar-refractivity contribution in [3.05, 3.63) is 65.2 Å². The summed E-state index contributed by atoms with van der Waals surface area (Å²) >= 11 is 0. The van der Waals surface area contributed by atoms with Gasteiger partial charge < -0.3 is 15.1 Å². The van der Waals surface area contributed by atoms with Crippen molar-refractivity contribution < 1.29 is 9.59 Å². The van der Waals surface area contributed by atoms with Crippen molar-refractivity contribution in [1.29, 1.82) is 0 Å². The van der Waals surface area contributed by atoms with Gasteiger partial charge >= 0.3 is 0 Å². The van der Waals surface area contributed by atoms with Gasteiger partial charge in [-0.05, 0) is 44.7 Å². The summed E-state index contributed by atoms with van der Waals surface area (Å²) in [5.74, 6) is -0.263. The third-order valence-electron chi connectivity index (χ3n) is 5.37. The molecule has 29 heavy (non-hydrogen) atoms. The Kier molecular flexibility index (Phi) is 5.07. The van der Waals surface area contributed by atoms with Gasteiger partial charge in [-0.1, -0.05) is 23.8 Å². The van der Waals surface area contributed by atoms with Gasteiger partial charge in [0.2, 0.25) is 5.82 Å². The van der Waals surface area contributed by atoms with Crippen LogP contribution in [0.15, 0.2) is 42.6 Å². The number of hydrogen-bond donors (Lipinski definition) is 1. The number of piperazine rings is 1. The maximum atomic E-state index is 13.1. The minimum atomic E-state index is -0.337. The number of aromatic nitrogens is 2. The third-order valence-corrected chi connectivity index (χ3v) is 5.37. The minimum absolute atomic E-state index is 0.132. The topological polar surface area (TPSA) is 70.0 Å². The van der Waals surface area contributed by atoms with Gasteiger partial charge in [0.15, 0.2) is 5.69 Å². The monoisotopic (exact) mass is 391 g/mol. The van der Waals surface area contributed by atoms with Gasteiger partial charge in [0.25, 0.3) is 11.8 Å². The van der Waals surface area contributed by atoms with E-state index in [9.17, 15) is 9.59 Å².